The Labute approximate surface area is 268 Å². The summed E-state index contributed by atoms with van der Waals surface area (Å²) in [5.74, 6) is -0.0987. The molecule has 0 unspecified atom stereocenters. The van der Waals surface area contributed by atoms with Crippen molar-refractivity contribution in [1.82, 2.24) is 28.8 Å². The number of pyridine rings is 2. The molecule has 1 aromatic carbocycles. The number of carbonyl (C=O) groups is 2. The molecular weight excluding hydrogens is 602 g/mol. The Kier molecular flexibility index (Phi) is 7.92. The van der Waals surface area contributed by atoms with Crippen LogP contribution in [-0.2, 0) is 27.8 Å². The second-order valence-corrected chi connectivity index (χ2v) is 14.6. The molecular formula is C34H35N7O4S. The van der Waals surface area contributed by atoms with Crippen molar-refractivity contribution >= 4 is 21.9 Å². The number of hydrogen-bond acceptors (Lipinski definition) is 8. The summed E-state index contributed by atoms with van der Waals surface area (Å²) in [7, 11) is -3.56. The highest BCUT2D eigenvalue weighted by Gasteiger charge is 2.65. The normalized spacial score (nSPS) is 25.2. The summed E-state index contributed by atoms with van der Waals surface area (Å²) in [4.78, 5) is 38.4. The molecule has 46 heavy (non-hydrogen) atoms. The first kappa shape index (κ1) is 30.2. The largest absolute Gasteiger partial charge is 0.357 e. The van der Waals surface area contributed by atoms with Gasteiger partial charge in [-0.1, -0.05) is 6.42 Å². The van der Waals surface area contributed by atoms with Gasteiger partial charge in [-0.05, 0) is 72.5 Å². The third-order valence-corrected chi connectivity index (χ3v) is 11.7. The fourth-order valence-corrected chi connectivity index (χ4v) is 9.07. The Bertz CT molecular complexity index is 1750. The van der Waals surface area contributed by atoms with Gasteiger partial charge in [0.05, 0.1) is 11.6 Å². The van der Waals surface area contributed by atoms with Crippen LogP contribution in [0.3, 0.4) is 0 Å². The second-order valence-electron chi connectivity index (χ2n) is 12.6. The topological polar surface area (TPSA) is 140 Å². The lowest BCUT2D eigenvalue weighted by atomic mass is 9.85. The monoisotopic (exact) mass is 637 g/mol. The molecule has 4 fully saturated rings. The number of rotatable bonds is 9. The van der Waals surface area contributed by atoms with Crippen molar-refractivity contribution in [3.63, 3.8) is 0 Å². The summed E-state index contributed by atoms with van der Waals surface area (Å²) in [6.45, 7) is 1.78. The van der Waals surface area contributed by atoms with E-state index in [0.717, 1.165) is 30.4 Å². The SMILES string of the molecule is N#Cc1ccc(C(=O)/C=C2\NC(Cc3ccncc3)(Cc3ccncc3)C(=O)N2[C@H]2[C@@H]3CN(S(=O)(=O)N4CCCCC4)C[C@@H]32)cc1. The van der Waals surface area contributed by atoms with Gasteiger partial charge in [0.2, 0.25) is 0 Å². The Morgan fingerprint density at radius 3 is 2.00 bits per heavy atom. The highest BCUT2D eigenvalue weighted by Crippen LogP contribution is 2.53. The first-order valence-corrected chi connectivity index (χ1v) is 17.1. The van der Waals surface area contributed by atoms with Gasteiger partial charge in [0.15, 0.2) is 5.78 Å². The van der Waals surface area contributed by atoms with E-state index in [1.54, 1.807) is 62.6 Å². The average molecular weight is 638 g/mol. The first-order chi connectivity index (χ1) is 22.3. The van der Waals surface area contributed by atoms with Crippen molar-refractivity contribution in [3.05, 3.63) is 107 Å². The number of aromatic nitrogens is 2. The summed E-state index contributed by atoms with van der Waals surface area (Å²) in [5.41, 5.74) is 1.58. The number of nitriles is 1. The van der Waals surface area contributed by atoms with Crippen LogP contribution in [0.25, 0.3) is 0 Å². The quantitative estimate of drug-likeness (QED) is 0.279. The number of nitrogens with one attached hydrogen (secondary N) is 1. The molecule has 236 valence electrons. The standard InChI is InChI=1S/C34H35N7O4S/c35-21-26-4-6-27(7-5-26)30(42)18-31-38-34(19-24-8-12-36-13-9-24,20-25-10-14-37-15-11-25)33(43)41(31)32-28-22-40(23-29(28)32)46(44,45)39-16-2-1-3-17-39/h4-15,18,28-29,32,38H,1-3,16-17,19-20,22-23H2/b31-18+/t28-,29+,32+. The number of allylic oxidation sites excluding steroid dienone is 1. The van der Waals surface area contributed by atoms with Crippen LogP contribution in [0.1, 0.15) is 46.3 Å². The van der Waals surface area contributed by atoms with E-state index in [-0.39, 0.29) is 29.6 Å². The summed E-state index contributed by atoms with van der Waals surface area (Å²) in [6.07, 6.45) is 11.7. The van der Waals surface area contributed by atoms with E-state index in [1.807, 2.05) is 24.3 Å². The number of carbonyl (C=O) groups excluding carboxylic acids is 2. The number of benzene rings is 1. The smallest absolute Gasteiger partial charge is 0.281 e. The third-order valence-electron chi connectivity index (χ3n) is 9.71. The van der Waals surface area contributed by atoms with Crippen molar-refractivity contribution in [2.75, 3.05) is 26.2 Å². The third kappa shape index (κ3) is 5.59. The van der Waals surface area contributed by atoms with E-state index >= 15 is 0 Å². The second kappa shape index (κ2) is 12.1. The van der Waals surface area contributed by atoms with Gasteiger partial charge in [0.1, 0.15) is 11.4 Å². The Hall–Kier alpha value is -4.44. The molecule has 2 aromatic heterocycles. The van der Waals surface area contributed by atoms with Crippen molar-refractivity contribution in [2.24, 2.45) is 11.8 Å². The molecule has 3 aliphatic heterocycles. The number of piperidine rings is 2. The first-order valence-electron chi connectivity index (χ1n) is 15.7. The number of amides is 1. The van der Waals surface area contributed by atoms with E-state index in [4.69, 9.17) is 0 Å². The number of nitrogens with zero attached hydrogens (tertiary/aromatic N) is 6. The molecule has 1 amide bonds. The molecule has 3 saturated heterocycles. The van der Waals surface area contributed by atoms with Crippen molar-refractivity contribution < 1.29 is 18.0 Å². The Balaban J connectivity index is 1.22. The summed E-state index contributed by atoms with van der Waals surface area (Å²) < 4.78 is 30.0. The van der Waals surface area contributed by atoms with Crippen LogP contribution in [0, 0.1) is 23.2 Å². The predicted molar refractivity (Wildman–Crippen MR) is 169 cm³/mol. The van der Waals surface area contributed by atoms with E-state index in [9.17, 15) is 23.3 Å². The van der Waals surface area contributed by atoms with Gasteiger partial charge in [-0.3, -0.25) is 24.5 Å². The highest BCUT2D eigenvalue weighted by molar-refractivity contribution is 7.86. The maximum Gasteiger partial charge on any atom is 0.281 e. The molecule has 1 N–H and O–H groups in total. The van der Waals surface area contributed by atoms with Gasteiger partial charge in [-0.2, -0.15) is 22.3 Å². The van der Waals surface area contributed by atoms with Gasteiger partial charge in [0.25, 0.3) is 16.1 Å². The highest BCUT2D eigenvalue weighted by atomic mass is 32.2. The molecule has 1 saturated carbocycles. The molecule has 0 radical (unpaired) electrons. The number of fused-ring (bicyclic) bond motifs is 1. The maximum absolute atomic E-state index is 14.8. The van der Waals surface area contributed by atoms with E-state index < -0.39 is 15.7 Å². The molecule has 7 rings (SSSR count). The molecule has 5 heterocycles. The van der Waals surface area contributed by atoms with Gasteiger partial charge in [0, 0.05) is 93.3 Å². The van der Waals surface area contributed by atoms with Crippen LogP contribution in [0.15, 0.2) is 85.2 Å². The van der Waals surface area contributed by atoms with Crippen LogP contribution in [0.4, 0.5) is 0 Å². The van der Waals surface area contributed by atoms with E-state index in [2.05, 4.69) is 21.4 Å². The zero-order valence-corrected chi connectivity index (χ0v) is 26.1. The Morgan fingerprint density at radius 2 is 1.46 bits per heavy atom. The summed E-state index contributed by atoms with van der Waals surface area (Å²) >= 11 is 0. The number of ketones is 1. The van der Waals surface area contributed by atoms with E-state index in [1.165, 1.54) is 6.08 Å². The lowest BCUT2D eigenvalue weighted by Gasteiger charge is -2.32. The molecule has 11 nitrogen and oxygen atoms in total. The molecule has 1 aliphatic carbocycles. The fourth-order valence-electron chi connectivity index (χ4n) is 7.30. The molecule has 0 spiro atoms. The maximum atomic E-state index is 14.8. The van der Waals surface area contributed by atoms with Gasteiger partial charge >= 0.3 is 0 Å². The minimum Gasteiger partial charge on any atom is -0.357 e. The molecule has 4 aliphatic rings. The predicted octanol–water partition coefficient (Wildman–Crippen LogP) is 2.69. The molecule has 12 heteroatoms. The van der Waals surface area contributed by atoms with Crippen LogP contribution in [0.2, 0.25) is 0 Å². The van der Waals surface area contributed by atoms with Gasteiger partial charge in [-0.25, -0.2) is 0 Å². The molecule has 0 bridgehead atoms. The zero-order valence-electron chi connectivity index (χ0n) is 25.3. The van der Waals surface area contributed by atoms with Gasteiger partial charge in [-0.15, -0.1) is 0 Å². The van der Waals surface area contributed by atoms with Gasteiger partial charge < -0.3 is 5.32 Å². The van der Waals surface area contributed by atoms with Crippen LogP contribution < -0.4 is 5.32 Å². The molecule has 3 atom stereocenters. The van der Waals surface area contributed by atoms with Crippen molar-refractivity contribution in [2.45, 2.75) is 43.7 Å². The minimum absolute atomic E-state index is 0.0311. The fraction of sp³-hybridized carbons (Fsp3) is 0.382. The lowest BCUT2D eigenvalue weighted by Crippen LogP contribution is -2.51. The Morgan fingerprint density at radius 1 is 0.891 bits per heavy atom. The number of hydrogen-bond donors (Lipinski definition) is 1. The van der Waals surface area contributed by atoms with Crippen LogP contribution in [-0.4, -0.2) is 81.3 Å². The van der Waals surface area contributed by atoms with Crippen molar-refractivity contribution in [3.8, 4) is 6.07 Å². The van der Waals surface area contributed by atoms with Crippen LogP contribution >= 0.6 is 0 Å². The zero-order chi connectivity index (χ0) is 31.9. The van der Waals surface area contributed by atoms with Crippen LogP contribution in [0.5, 0.6) is 0 Å². The summed E-state index contributed by atoms with van der Waals surface area (Å²) in [5, 5.41) is 12.7. The molecule has 3 aromatic rings. The average Bonchev–Trinajstić information content (AvgIpc) is 3.41. The minimum atomic E-state index is -3.56. The van der Waals surface area contributed by atoms with E-state index in [0.29, 0.717) is 56.0 Å². The lowest BCUT2D eigenvalue weighted by molar-refractivity contribution is -0.132. The van der Waals surface area contributed by atoms with Crippen molar-refractivity contribution in [1.29, 1.82) is 5.26 Å². The summed E-state index contributed by atoms with van der Waals surface area (Å²) in [6, 6.07) is 15.8.